The number of rotatable bonds is 5. The Labute approximate surface area is 205 Å². The topological polar surface area (TPSA) is 220 Å². The Balaban J connectivity index is 1.81. The highest BCUT2D eigenvalue weighted by atomic mass is 16.7. The summed E-state index contributed by atoms with van der Waals surface area (Å²) in [6.45, 7) is -0.730. The Kier molecular flexibility index (Phi) is 6.01. The van der Waals surface area contributed by atoms with Crippen LogP contribution in [-0.2, 0) is 4.74 Å². The van der Waals surface area contributed by atoms with Crippen LogP contribution in [0.5, 0.6) is 17.2 Å². The lowest BCUT2D eigenvalue weighted by molar-refractivity contribution is -0.277. The van der Waals surface area contributed by atoms with Gasteiger partial charge in [0.15, 0.2) is 28.4 Å². The first-order chi connectivity index (χ1) is 17.6. The first kappa shape index (κ1) is 24.5. The summed E-state index contributed by atoms with van der Waals surface area (Å²) in [5, 5.41) is 69.9. The van der Waals surface area contributed by atoms with Crippen LogP contribution in [0.15, 0.2) is 50.0 Å². The molecule has 1 fully saturated rings. The van der Waals surface area contributed by atoms with Gasteiger partial charge in [0.2, 0.25) is 12.1 Å². The number of aromatic hydroxyl groups is 2. The van der Waals surface area contributed by atoms with Crippen LogP contribution < -0.4 is 10.2 Å². The van der Waals surface area contributed by atoms with Crippen molar-refractivity contribution >= 4 is 27.9 Å². The molecule has 0 unspecified atom stereocenters. The van der Waals surface area contributed by atoms with Crippen molar-refractivity contribution in [3.8, 4) is 28.6 Å². The van der Waals surface area contributed by atoms with E-state index in [9.17, 15) is 45.3 Å². The van der Waals surface area contributed by atoms with Crippen LogP contribution in [0.2, 0.25) is 0 Å². The third kappa shape index (κ3) is 4.14. The number of phenols is 2. The van der Waals surface area contributed by atoms with Crippen LogP contribution in [0.3, 0.4) is 0 Å². The lowest BCUT2D eigenvalue weighted by atomic mass is 9.99. The van der Waals surface area contributed by atoms with Gasteiger partial charge in [-0.1, -0.05) is 0 Å². The summed E-state index contributed by atoms with van der Waals surface area (Å²) in [5.41, 5.74) is -0.657. The third-order valence-electron chi connectivity index (χ3n) is 6.00. The monoisotopic (exact) mass is 516 g/mol. The van der Waals surface area contributed by atoms with Gasteiger partial charge in [0.25, 0.3) is 0 Å². The molecule has 4 aromatic rings. The molecule has 0 saturated carbocycles. The number of aliphatic hydroxyl groups excluding tert-OH is 4. The molecule has 0 radical (unpaired) electrons. The molecule has 37 heavy (non-hydrogen) atoms. The zero-order valence-corrected chi connectivity index (χ0v) is 18.6. The standard InChI is InChI=1S/C24H20O13/c25-7-16-18(29)19(30)20(31)24(36-16)37-22-10-6-15(23(32)33)34-13-4-9(26)5-14(17(10)13)35-21(22)8-1-2-11(27)12(28)3-8/h1-6,16,18-20,24-25,27-31H,7H2,(H,32,33)/t16-,18-,19-,20-,24+/m1/s1. The van der Waals surface area contributed by atoms with Gasteiger partial charge in [0, 0.05) is 29.1 Å². The molecule has 194 valence electrons. The SMILES string of the molecule is O=C(O)c1cc2c(O[C@@H]3O[C@H](CO)[C@@H](O)[C@@H](O)[C@H]3O)c(-c3ccc(O)c(O)c3)oc3cc(=O)cc(o1)c32. The summed E-state index contributed by atoms with van der Waals surface area (Å²) in [6.07, 6.45) is -8.28. The molecule has 1 aliphatic rings. The van der Waals surface area contributed by atoms with Crippen LogP contribution in [-0.4, -0.2) is 79.0 Å². The molecule has 13 heteroatoms. The van der Waals surface area contributed by atoms with Gasteiger partial charge in [0.05, 0.1) is 12.0 Å². The lowest BCUT2D eigenvalue weighted by Gasteiger charge is -2.39. The Hall–Kier alpha value is -4.14. The van der Waals surface area contributed by atoms with Crippen LogP contribution in [0.25, 0.3) is 33.3 Å². The highest BCUT2D eigenvalue weighted by molar-refractivity contribution is 6.11. The van der Waals surface area contributed by atoms with E-state index in [1.165, 1.54) is 6.07 Å². The van der Waals surface area contributed by atoms with Crippen molar-refractivity contribution in [3.63, 3.8) is 0 Å². The quantitative estimate of drug-likeness (QED) is 0.180. The third-order valence-corrected chi connectivity index (χ3v) is 6.00. The Morgan fingerprint density at radius 2 is 1.62 bits per heavy atom. The number of carboxylic acid groups (broad SMARTS) is 1. The van der Waals surface area contributed by atoms with E-state index in [-0.39, 0.29) is 39.0 Å². The first-order valence-corrected chi connectivity index (χ1v) is 10.9. The molecule has 0 amide bonds. The van der Waals surface area contributed by atoms with Gasteiger partial charge in [-0.05, 0) is 18.2 Å². The minimum atomic E-state index is -1.83. The number of ether oxygens (including phenoxy) is 2. The molecule has 0 spiro atoms. The molecule has 1 aliphatic heterocycles. The van der Waals surface area contributed by atoms with Gasteiger partial charge in [-0.2, -0.15) is 0 Å². The Morgan fingerprint density at radius 3 is 2.27 bits per heavy atom. The highest BCUT2D eigenvalue weighted by Gasteiger charge is 2.45. The minimum absolute atomic E-state index is 0.0272. The average molecular weight is 516 g/mol. The molecule has 1 saturated heterocycles. The molecule has 13 nitrogen and oxygen atoms in total. The number of benzene rings is 2. The summed E-state index contributed by atoms with van der Waals surface area (Å²) >= 11 is 0. The molecule has 2 aromatic carbocycles. The van der Waals surface area contributed by atoms with E-state index >= 15 is 0 Å². The van der Waals surface area contributed by atoms with Gasteiger partial charge in [-0.3, -0.25) is 4.79 Å². The fourth-order valence-corrected chi connectivity index (χ4v) is 4.16. The normalized spacial score (nSPS) is 23.9. The zero-order valence-electron chi connectivity index (χ0n) is 18.6. The number of aromatic carboxylic acids is 1. The van der Waals surface area contributed by atoms with Crippen LogP contribution >= 0.6 is 0 Å². The summed E-state index contributed by atoms with van der Waals surface area (Å²) in [7, 11) is 0. The average Bonchev–Trinajstić information content (AvgIpc) is 2.86. The minimum Gasteiger partial charge on any atom is -0.504 e. The first-order valence-electron chi connectivity index (χ1n) is 10.9. The summed E-state index contributed by atoms with van der Waals surface area (Å²) in [4.78, 5) is 24.0. The van der Waals surface area contributed by atoms with E-state index < -0.39 is 66.0 Å². The van der Waals surface area contributed by atoms with E-state index in [2.05, 4.69) is 0 Å². The maximum atomic E-state index is 12.3. The maximum Gasteiger partial charge on any atom is 0.371 e. The van der Waals surface area contributed by atoms with Crippen LogP contribution in [0.1, 0.15) is 10.6 Å². The fraction of sp³-hybridized carbons (Fsp3) is 0.250. The Morgan fingerprint density at radius 1 is 0.919 bits per heavy atom. The predicted molar refractivity (Wildman–Crippen MR) is 122 cm³/mol. The molecule has 0 aliphatic carbocycles. The van der Waals surface area contributed by atoms with E-state index in [1.807, 2.05) is 0 Å². The number of phenolic OH excluding ortho intramolecular Hbond substituents is 2. The number of carboxylic acids is 1. The Bertz CT molecular complexity index is 1570. The second kappa shape index (κ2) is 9.06. The molecule has 5 rings (SSSR count). The highest BCUT2D eigenvalue weighted by Crippen LogP contribution is 2.44. The smallest absolute Gasteiger partial charge is 0.371 e. The van der Waals surface area contributed by atoms with Gasteiger partial charge in [0.1, 0.15) is 35.6 Å². The summed E-state index contributed by atoms with van der Waals surface area (Å²) in [6, 6.07) is 6.82. The lowest BCUT2D eigenvalue weighted by Crippen LogP contribution is -2.60. The maximum absolute atomic E-state index is 12.3. The predicted octanol–water partition coefficient (Wildman–Crippen LogP) is 0.494. The van der Waals surface area contributed by atoms with Crippen LogP contribution in [0.4, 0.5) is 0 Å². The van der Waals surface area contributed by atoms with E-state index in [0.29, 0.717) is 0 Å². The zero-order chi connectivity index (χ0) is 26.6. The van der Waals surface area contributed by atoms with Crippen molar-refractivity contribution < 1.29 is 58.8 Å². The number of carbonyl (C=O) groups is 1. The second-order valence-electron chi connectivity index (χ2n) is 8.40. The number of hydrogen-bond acceptors (Lipinski definition) is 12. The van der Waals surface area contributed by atoms with Gasteiger partial charge in [-0.25, -0.2) is 4.79 Å². The van der Waals surface area contributed by atoms with E-state index in [0.717, 1.165) is 30.3 Å². The largest absolute Gasteiger partial charge is 0.504 e. The summed E-state index contributed by atoms with van der Waals surface area (Å²) < 4.78 is 22.6. The number of aliphatic hydroxyl groups is 4. The molecule has 5 atom stereocenters. The van der Waals surface area contributed by atoms with Crippen LogP contribution in [0, 0.1) is 0 Å². The van der Waals surface area contributed by atoms with Crippen molar-refractivity contribution in [1.82, 2.24) is 0 Å². The van der Waals surface area contributed by atoms with Crippen molar-refractivity contribution in [2.45, 2.75) is 30.7 Å². The fourth-order valence-electron chi connectivity index (χ4n) is 4.16. The molecular weight excluding hydrogens is 496 g/mol. The molecule has 0 bridgehead atoms. The summed E-state index contributed by atoms with van der Waals surface area (Å²) in [5.74, 6) is -3.49. The van der Waals surface area contributed by atoms with E-state index in [4.69, 9.17) is 18.3 Å². The molecule has 3 heterocycles. The van der Waals surface area contributed by atoms with Gasteiger partial charge < -0.3 is 54.1 Å². The number of hydrogen-bond donors (Lipinski definition) is 7. The van der Waals surface area contributed by atoms with E-state index in [1.54, 1.807) is 0 Å². The van der Waals surface area contributed by atoms with Crippen molar-refractivity contribution in [3.05, 3.63) is 52.4 Å². The van der Waals surface area contributed by atoms with Gasteiger partial charge >= 0.3 is 5.97 Å². The second-order valence-corrected chi connectivity index (χ2v) is 8.40. The molecule has 7 N–H and O–H groups in total. The van der Waals surface area contributed by atoms with Crippen molar-refractivity contribution in [2.75, 3.05) is 6.61 Å². The molecule has 2 aromatic heterocycles. The van der Waals surface area contributed by atoms with Crippen molar-refractivity contribution in [2.24, 2.45) is 0 Å². The van der Waals surface area contributed by atoms with Crippen molar-refractivity contribution in [1.29, 1.82) is 0 Å². The molecular formula is C24H20O13. The van der Waals surface area contributed by atoms with Gasteiger partial charge in [-0.15, -0.1) is 0 Å².